The molecule has 5 heteroatoms. The van der Waals surface area contributed by atoms with Crippen LogP contribution in [0.5, 0.6) is 0 Å². The molecule has 0 bridgehead atoms. The van der Waals surface area contributed by atoms with Gasteiger partial charge in [-0.2, -0.15) is 0 Å². The van der Waals surface area contributed by atoms with Crippen LogP contribution < -0.4 is 0 Å². The van der Waals surface area contributed by atoms with Gasteiger partial charge in [0.15, 0.2) is 0 Å². The average Bonchev–Trinajstić information content (AvgIpc) is 2.65. The van der Waals surface area contributed by atoms with Crippen molar-refractivity contribution in [3.05, 3.63) is 11.6 Å². The Kier molecular flexibility index (Phi) is 4.20. The molecule has 1 rings (SSSR count). The van der Waals surface area contributed by atoms with Gasteiger partial charge in [-0.25, -0.2) is 4.79 Å². The molecule has 1 atom stereocenters. The minimum atomic E-state index is -0.919. The largest absolute Gasteiger partial charge is 0.480 e. The van der Waals surface area contributed by atoms with Gasteiger partial charge in [0.2, 0.25) is 0 Å². The van der Waals surface area contributed by atoms with E-state index in [0.29, 0.717) is 17.2 Å². The molecule has 1 aliphatic rings. The molecule has 0 aromatic heterocycles. The Bertz CT molecular complexity index is 301. The van der Waals surface area contributed by atoms with Crippen LogP contribution in [0.4, 0.5) is 0 Å². The zero-order chi connectivity index (χ0) is 11.4. The highest BCUT2D eigenvalue weighted by molar-refractivity contribution is 7.99. The number of rotatable bonds is 3. The van der Waals surface area contributed by atoms with Crippen molar-refractivity contribution in [3.8, 4) is 0 Å². The van der Waals surface area contributed by atoms with Crippen LogP contribution in [0.25, 0.3) is 0 Å². The van der Waals surface area contributed by atoms with Crippen molar-refractivity contribution in [1.82, 2.24) is 4.90 Å². The minimum absolute atomic E-state index is 0.158. The van der Waals surface area contributed by atoms with Crippen molar-refractivity contribution < 1.29 is 14.7 Å². The summed E-state index contributed by atoms with van der Waals surface area (Å²) in [6, 6.07) is -0.664. The van der Waals surface area contributed by atoms with E-state index in [9.17, 15) is 9.59 Å². The van der Waals surface area contributed by atoms with Crippen molar-refractivity contribution in [1.29, 1.82) is 0 Å². The maximum Gasteiger partial charge on any atom is 0.327 e. The lowest BCUT2D eigenvalue weighted by Gasteiger charge is -2.20. The molecule has 1 heterocycles. The predicted octanol–water partition coefficient (Wildman–Crippen LogP) is 1.33. The summed E-state index contributed by atoms with van der Waals surface area (Å²) in [5.74, 6) is -0.113. The summed E-state index contributed by atoms with van der Waals surface area (Å²) in [4.78, 5) is 24.1. The number of hydrogen-bond acceptors (Lipinski definition) is 3. The predicted molar refractivity (Wildman–Crippen MR) is 59.6 cm³/mol. The standard InChI is InChI=1S/C10H15NO3S/c1-3-4-7(2)9(12)11-6-15-5-8(11)10(13)14/h4,8H,3,5-6H2,1-2H3,(H,13,14)/b7-4+/t8-/m0/s1. The number of hydrogen-bond donors (Lipinski definition) is 1. The molecular weight excluding hydrogens is 214 g/mol. The first kappa shape index (κ1) is 12.1. The molecule has 0 saturated carbocycles. The van der Waals surface area contributed by atoms with Crippen molar-refractivity contribution in [2.24, 2.45) is 0 Å². The highest BCUT2D eigenvalue weighted by Gasteiger charge is 2.34. The number of amides is 1. The first-order valence-corrected chi connectivity index (χ1v) is 6.01. The zero-order valence-electron chi connectivity index (χ0n) is 8.90. The third kappa shape index (κ3) is 2.75. The van der Waals surface area contributed by atoms with E-state index < -0.39 is 12.0 Å². The van der Waals surface area contributed by atoms with Crippen molar-refractivity contribution in [2.45, 2.75) is 26.3 Å². The average molecular weight is 229 g/mol. The molecule has 0 spiro atoms. The number of carboxylic acids is 1. The smallest absolute Gasteiger partial charge is 0.327 e. The molecule has 4 nitrogen and oxygen atoms in total. The molecule has 1 N–H and O–H groups in total. The molecule has 84 valence electrons. The third-order valence-corrected chi connectivity index (χ3v) is 3.29. The molecule has 0 radical (unpaired) electrons. The quantitative estimate of drug-likeness (QED) is 0.742. The van der Waals surface area contributed by atoms with Crippen LogP contribution >= 0.6 is 11.8 Å². The molecule has 1 amide bonds. The number of carbonyl (C=O) groups excluding carboxylic acids is 1. The second-order valence-corrected chi connectivity index (χ2v) is 4.42. The summed E-state index contributed by atoms with van der Waals surface area (Å²) in [5.41, 5.74) is 0.631. The van der Waals surface area contributed by atoms with E-state index in [2.05, 4.69) is 0 Å². The van der Waals surface area contributed by atoms with Crippen LogP contribution in [0.15, 0.2) is 11.6 Å². The number of carboxylic acid groups (broad SMARTS) is 1. The van der Waals surface area contributed by atoms with E-state index in [0.717, 1.165) is 6.42 Å². The molecule has 1 fully saturated rings. The monoisotopic (exact) mass is 229 g/mol. The second-order valence-electron chi connectivity index (χ2n) is 3.42. The van der Waals surface area contributed by atoms with Gasteiger partial charge in [-0.3, -0.25) is 4.79 Å². The van der Waals surface area contributed by atoms with E-state index in [1.165, 1.54) is 16.7 Å². The Labute approximate surface area is 93.3 Å². The van der Waals surface area contributed by atoms with E-state index in [1.807, 2.05) is 13.0 Å². The molecule has 15 heavy (non-hydrogen) atoms. The van der Waals surface area contributed by atoms with Gasteiger partial charge in [-0.1, -0.05) is 13.0 Å². The fraction of sp³-hybridized carbons (Fsp3) is 0.600. The lowest BCUT2D eigenvalue weighted by atomic mass is 10.2. The maximum absolute atomic E-state index is 11.8. The zero-order valence-corrected chi connectivity index (χ0v) is 9.71. The number of carbonyl (C=O) groups is 2. The van der Waals surface area contributed by atoms with Gasteiger partial charge in [0.05, 0.1) is 5.88 Å². The van der Waals surface area contributed by atoms with Crippen LogP contribution in [-0.4, -0.2) is 39.6 Å². The number of thioether (sulfide) groups is 1. The summed E-state index contributed by atoms with van der Waals surface area (Å²) in [6.07, 6.45) is 2.61. The highest BCUT2D eigenvalue weighted by atomic mass is 32.2. The van der Waals surface area contributed by atoms with Gasteiger partial charge in [-0.05, 0) is 13.3 Å². The Balaban J connectivity index is 2.75. The van der Waals surface area contributed by atoms with E-state index in [4.69, 9.17) is 5.11 Å². The number of allylic oxidation sites excluding steroid dienone is 1. The van der Waals surface area contributed by atoms with E-state index in [1.54, 1.807) is 6.92 Å². The maximum atomic E-state index is 11.8. The van der Waals surface area contributed by atoms with E-state index >= 15 is 0 Å². The Morgan fingerprint density at radius 3 is 2.80 bits per heavy atom. The van der Waals surface area contributed by atoms with Gasteiger partial charge >= 0.3 is 5.97 Å². The van der Waals surface area contributed by atoms with Crippen LogP contribution in [-0.2, 0) is 9.59 Å². The number of nitrogens with zero attached hydrogens (tertiary/aromatic N) is 1. The normalized spacial score (nSPS) is 21.9. The Hall–Kier alpha value is -0.970. The Morgan fingerprint density at radius 2 is 2.27 bits per heavy atom. The summed E-state index contributed by atoms with van der Waals surface area (Å²) in [5, 5.41) is 8.92. The van der Waals surface area contributed by atoms with Gasteiger partial charge in [0.25, 0.3) is 5.91 Å². The lowest BCUT2D eigenvalue weighted by molar-refractivity contribution is -0.146. The first-order valence-electron chi connectivity index (χ1n) is 4.86. The van der Waals surface area contributed by atoms with Gasteiger partial charge in [0.1, 0.15) is 6.04 Å². The SMILES string of the molecule is CC/C=C(\C)C(=O)N1CSC[C@H]1C(=O)O. The second kappa shape index (κ2) is 5.21. The molecular formula is C10H15NO3S. The topological polar surface area (TPSA) is 57.6 Å². The third-order valence-electron chi connectivity index (χ3n) is 2.28. The highest BCUT2D eigenvalue weighted by Crippen LogP contribution is 2.22. The van der Waals surface area contributed by atoms with Crippen molar-refractivity contribution >= 4 is 23.6 Å². The van der Waals surface area contributed by atoms with Crippen molar-refractivity contribution in [3.63, 3.8) is 0 Å². The summed E-state index contributed by atoms with van der Waals surface area (Å²) in [7, 11) is 0. The van der Waals surface area contributed by atoms with Crippen LogP contribution in [0.3, 0.4) is 0 Å². The molecule has 1 saturated heterocycles. The summed E-state index contributed by atoms with van der Waals surface area (Å²) >= 11 is 1.48. The van der Waals surface area contributed by atoms with Crippen molar-refractivity contribution in [2.75, 3.05) is 11.6 Å². The minimum Gasteiger partial charge on any atom is -0.480 e. The lowest BCUT2D eigenvalue weighted by Crippen LogP contribution is -2.42. The van der Waals surface area contributed by atoms with Gasteiger partial charge in [-0.15, -0.1) is 11.8 Å². The fourth-order valence-corrected chi connectivity index (χ4v) is 2.61. The fourth-order valence-electron chi connectivity index (χ4n) is 1.47. The Morgan fingerprint density at radius 1 is 1.60 bits per heavy atom. The molecule has 1 aliphatic heterocycles. The molecule has 0 unspecified atom stereocenters. The molecule has 0 aliphatic carbocycles. The summed E-state index contributed by atoms with van der Waals surface area (Å²) in [6.45, 7) is 3.68. The van der Waals surface area contributed by atoms with Crippen LogP contribution in [0.1, 0.15) is 20.3 Å². The van der Waals surface area contributed by atoms with E-state index in [-0.39, 0.29) is 5.91 Å². The van der Waals surface area contributed by atoms with Crippen LogP contribution in [0.2, 0.25) is 0 Å². The number of aliphatic carboxylic acids is 1. The van der Waals surface area contributed by atoms with Gasteiger partial charge in [0, 0.05) is 11.3 Å². The van der Waals surface area contributed by atoms with Crippen LogP contribution in [0, 0.1) is 0 Å². The molecule has 0 aromatic rings. The first-order chi connectivity index (χ1) is 7.07. The summed E-state index contributed by atoms with van der Waals surface area (Å²) < 4.78 is 0. The van der Waals surface area contributed by atoms with Gasteiger partial charge < -0.3 is 10.0 Å². The molecule has 0 aromatic carbocycles.